The fraction of sp³-hybridized carbons (Fsp3) is 0.158. The first-order valence-corrected chi connectivity index (χ1v) is 10.2. The summed E-state index contributed by atoms with van der Waals surface area (Å²) in [6.07, 6.45) is 1.66. The van der Waals surface area contributed by atoms with Crippen LogP contribution in [-0.4, -0.2) is 25.7 Å². The number of hydrogen-bond donors (Lipinski definition) is 1. The first-order chi connectivity index (χ1) is 13.1. The van der Waals surface area contributed by atoms with E-state index in [1.165, 1.54) is 0 Å². The van der Waals surface area contributed by atoms with Crippen molar-refractivity contribution in [2.24, 2.45) is 7.05 Å². The third-order valence-electron chi connectivity index (χ3n) is 4.11. The average molecular weight is 396 g/mol. The number of aromatic nitrogens is 4. The molecule has 4 aromatic rings. The number of fused-ring (bicyclic) bond motifs is 1. The third kappa shape index (κ3) is 3.72. The normalized spacial score (nSPS) is 11.0. The predicted molar refractivity (Wildman–Crippen MR) is 109 cm³/mol. The molecule has 6 nitrogen and oxygen atoms in total. The van der Waals surface area contributed by atoms with E-state index in [0.717, 1.165) is 33.1 Å². The van der Waals surface area contributed by atoms with Gasteiger partial charge >= 0.3 is 0 Å². The summed E-state index contributed by atoms with van der Waals surface area (Å²) in [4.78, 5) is 22.5. The number of thioether (sulfide) groups is 1. The Hall–Kier alpha value is -2.71. The lowest BCUT2D eigenvalue weighted by atomic mass is 10.2. The molecule has 0 aliphatic rings. The monoisotopic (exact) mass is 395 g/mol. The molecule has 0 saturated heterocycles. The molecule has 0 radical (unpaired) electrons. The summed E-state index contributed by atoms with van der Waals surface area (Å²) in [6.45, 7) is 1.93. The van der Waals surface area contributed by atoms with Gasteiger partial charge in [0.15, 0.2) is 5.65 Å². The van der Waals surface area contributed by atoms with Gasteiger partial charge in [-0.3, -0.25) is 9.48 Å². The van der Waals surface area contributed by atoms with E-state index >= 15 is 0 Å². The largest absolute Gasteiger partial charge is 0.321 e. The second-order valence-electron chi connectivity index (χ2n) is 6.02. The van der Waals surface area contributed by atoms with Crippen molar-refractivity contribution in [1.82, 2.24) is 19.7 Å². The highest BCUT2D eigenvalue weighted by Crippen LogP contribution is 2.27. The summed E-state index contributed by atoms with van der Waals surface area (Å²) in [6, 6.07) is 9.51. The van der Waals surface area contributed by atoms with Gasteiger partial charge in [0.2, 0.25) is 0 Å². The Morgan fingerprint density at radius 3 is 2.96 bits per heavy atom. The third-order valence-corrected chi connectivity index (χ3v) is 5.85. The van der Waals surface area contributed by atoms with Crippen molar-refractivity contribution in [3.63, 3.8) is 0 Å². The van der Waals surface area contributed by atoms with Gasteiger partial charge in [-0.05, 0) is 25.1 Å². The fourth-order valence-electron chi connectivity index (χ4n) is 2.82. The van der Waals surface area contributed by atoms with Crippen LogP contribution in [0.5, 0.6) is 0 Å². The Morgan fingerprint density at radius 2 is 2.15 bits per heavy atom. The molecule has 3 aromatic heterocycles. The molecule has 3 heterocycles. The highest BCUT2D eigenvalue weighted by molar-refractivity contribution is 7.98. The molecule has 0 aliphatic heterocycles. The van der Waals surface area contributed by atoms with Crippen molar-refractivity contribution >= 4 is 45.7 Å². The molecule has 27 heavy (non-hydrogen) atoms. The zero-order chi connectivity index (χ0) is 18.8. The summed E-state index contributed by atoms with van der Waals surface area (Å²) >= 11 is 3.18. The number of nitrogens with one attached hydrogen (secondary N) is 1. The molecule has 136 valence electrons. The molecular formula is C19H17N5OS2. The lowest BCUT2D eigenvalue weighted by molar-refractivity contribution is 0.102. The van der Waals surface area contributed by atoms with Crippen molar-refractivity contribution in [1.29, 1.82) is 0 Å². The zero-order valence-corrected chi connectivity index (χ0v) is 16.5. The van der Waals surface area contributed by atoms with Crippen LogP contribution in [0.1, 0.15) is 21.7 Å². The number of pyridine rings is 1. The summed E-state index contributed by atoms with van der Waals surface area (Å²) in [5.74, 6) is 0.579. The van der Waals surface area contributed by atoms with E-state index in [9.17, 15) is 4.79 Å². The number of thiazole rings is 1. The Balaban J connectivity index is 1.55. The van der Waals surface area contributed by atoms with Crippen molar-refractivity contribution in [2.75, 3.05) is 5.32 Å². The number of benzene rings is 1. The second kappa shape index (κ2) is 7.50. The fourth-order valence-corrected chi connectivity index (χ4v) is 4.43. The van der Waals surface area contributed by atoms with Gasteiger partial charge in [-0.2, -0.15) is 5.10 Å². The lowest BCUT2D eigenvalue weighted by Gasteiger charge is -2.09. The maximum Gasteiger partial charge on any atom is 0.256 e. The van der Waals surface area contributed by atoms with Crippen molar-refractivity contribution in [3.05, 3.63) is 64.4 Å². The smallest absolute Gasteiger partial charge is 0.256 e. The molecule has 4 rings (SSSR count). The van der Waals surface area contributed by atoms with E-state index in [-0.39, 0.29) is 5.91 Å². The number of aryl methyl sites for hydroxylation is 2. The van der Waals surface area contributed by atoms with Crippen LogP contribution >= 0.6 is 23.1 Å². The minimum Gasteiger partial charge on any atom is -0.321 e. The van der Waals surface area contributed by atoms with Gasteiger partial charge in [0.05, 0.1) is 34.3 Å². The molecule has 0 spiro atoms. The lowest BCUT2D eigenvalue weighted by Crippen LogP contribution is -2.13. The number of carbonyl (C=O) groups is 1. The molecule has 0 fully saturated rings. The van der Waals surface area contributed by atoms with Crippen molar-refractivity contribution < 1.29 is 4.79 Å². The molecule has 0 atom stereocenters. The van der Waals surface area contributed by atoms with Crippen LogP contribution in [0.4, 0.5) is 5.69 Å². The van der Waals surface area contributed by atoms with E-state index in [1.54, 1.807) is 34.0 Å². The predicted octanol–water partition coefficient (Wildman–Crippen LogP) is 4.28. The van der Waals surface area contributed by atoms with E-state index < -0.39 is 0 Å². The minimum atomic E-state index is -0.154. The Kier molecular flexibility index (Phi) is 4.91. The minimum absolute atomic E-state index is 0.154. The van der Waals surface area contributed by atoms with Crippen LogP contribution in [0, 0.1) is 6.92 Å². The molecule has 0 aliphatic carbocycles. The highest BCUT2D eigenvalue weighted by atomic mass is 32.2. The summed E-state index contributed by atoms with van der Waals surface area (Å²) < 4.78 is 1.74. The molecule has 1 aromatic carbocycles. The van der Waals surface area contributed by atoms with Crippen molar-refractivity contribution in [3.8, 4) is 0 Å². The van der Waals surface area contributed by atoms with Crippen molar-refractivity contribution in [2.45, 2.75) is 17.6 Å². The Bertz CT molecular complexity index is 1100. The second-order valence-corrected chi connectivity index (χ2v) is 7.76. The molecular weight excluding hydrogens is 378 g/mol. The van der Waals surface area contributed by atoms with Gasteiger partial charge in [0, 0.05) is 28.5 Å². The van der Waals surface area contributed by atoms with Crippen LogP contribution < -0.4 is 5.32 Å². The number of rotatable bonds is 5. The quantitative estimate of drug-likeness (QED) is 0.511. The number of hydrogen-bond acceptors (Lipinski definition) is 6. The molecule has 1 N–H and O–H groups in total. The van der Waals surface area contributed by atoms with E-state index in [4.69, 9.17) is 0 Å². The van der Waals surface area contributed by atoms with Crippen LogP contribution in [0.3, 0.4) is 0 Å². The molecule has 0 bridgehead atoms. The van der Waals surface area contributed by atoms with Gasteiger partial charge < -0.3 is 5.32 Å². The summed E-state index contributed by atoms with van der Waals surface area (Å²) in [7, 11) is 1.86. The molecule has 8 heteroatoms. The van der Waals surface area contributed by atoms with E-state index in [1.807, 2.05) is 55.2 Å². The SMILES string of the molecule is Cc1nn(C)c2ncc(NC(=O)c3ccccc3SCc3cscn3)cc12. The van der Waals surface area contributed by atoms with E-state index in [0.29, 0.717) is 11.3 Å². The average Bonchev–Trinajstić information content (AvgIpc) is 3.29. The standard InChI is InChI=1S/C19H17N5OS2/c1-12-16-7-13(8-20-18(16)24(2)23-12)22-19(25)15-5-3-4-6-17(15)27-10-14-9-26-11-21-14/h3-9,11H,10H2,1-2H3,(H,22,25). The molecule has 1 amide bonds. The number of amides is 1. The van der Waals surface area contributed by atoms with Gasteiger partial charge in [0.1, 0.15) is 0 Å². The first kappa shape index (κ1) is 17.7. The maximum absolute atomic E-state index is 12.8. The van der Waals surface area contributed by atoms with Crippen LogP contribution in [-0.2, 0) is 12.8 Å². The molecule has 0 unspecified atom stereocenters. The van der Waals surface area contributed by atoms with Crippen LogP contribution in [0.25, 0.3) is 11.0 Å². The number of carbonyl (C=O) groups excluding carboxylic acids is 1. The zero-order valence-electron chi connectivity index (χ0n) is 14.8. The van der Waals surface area contributed by atoms with Crippen LogP contribution in [0.15, 0.2) is 52.3 Å². The van der Waals surface area contributed by atoms with Gasteiger partial charge in [0.25, 0.3) is 5.91 Å². The van der Waals surface area contributed by atoms with Gasteiger partial charge in [-0.1, -0.05) is 12.1 Å². The topological polar surface area (TPSA) is 72.7 Å². The first-order valence-electron chi connectivity index (χ1n) is 8.31. The van der Waals surface area contributed by atoms with E-state index in [2.05, 4.69) is 20.4 Å². The van der Waals surface area contributed by atoms with Gasteiger partial charge in [-0.25, -0.2) is 9.97 Å². The number of anilines is 1. The number of nitrogens with zero attached hydrogens (tertiary/aromatic N) is 4. The maximum atomic E-state index is 12.8. The Morgan fingerprint density at radius 1 is 1.30 bits per heavy atom. The van der Waals surface area contributed by atoms with Gasteiger partial charge in [-0.15, -0.1) is 23.1 Å². The van der Waals surface area contributed by atoms with Crippen LogP contribution in [0.2, 0.25) is 0 Å². The summed E-state index contributed by atoms with van der Waals surface area (Å²) in [5.41, 5.74) is 5.81. The molecule has 0 saturated carbocycles. The Labute approximate surface area is 164 Å². The highest BCUT2D eigenvalue weighted by Gasteiger charge is 2.14. The summed E-state index contributed by atoms with van der Waals surface area (Å²) in [5, 5.41) is 10.3.